The second-order valence-electron chi connectivity index (χ2n) is 8.64. The van der Waals surface area contributed by atoms with Gasteiger partial charge in [-0.1, -0.05) is 66.6 Å². The molecule has 2 aromatic heterocycles. The molecule has 1 N–H and O–H groups in total. The van der Waals surface area contributed by atoms with Crippen molar-refractivity contribution in [1.82, 2.24) is 25.2 Å². The highest BCUT2D eigenvalue weighted by atomic mass is 32.1. The minimum Gasteiger partial charge on any atom is -0.351 e. The number of carbonyl (C=O) groups is 2. The fraction of sp³-hybridized carbons (Fsp3) is 0.308. The van der Waals surface area contributed by atoms with Crippen LogP contribution in [0, 0.1) is 0 Å². The van der Waals surface area contributed by atoms with E-state index in [1.165, 1.54) is 0 Å². The first-order valence-corrected chi connectivity index (χ1v) is 12.5. The van der Waals surface area contributed by atoms with Crippen LogP contribution in [0.25, 0.3) is 11.0 Å². The topological polar surface area (TPSA) is 80.1 Å². The molecule has 1 fully saturated rings. The number of para-hydroxylation sites is 1. The fourth-order valence-corrected chi connectivity index (χ4v) is 5.31. The second kappa shape index (κ2) is 10.2. The Balaban J connectivity index is 1.49. The van der Waals surface area contributed by atoms with Gasteiger partial charge in [-0.15, -0.1) is 16.4 Å². The lowest BCUT2D eigenvalue weighted by atomic mass is 10.0. The third kappa shape index (κ3) is 4.87. The smallest absolute Gasteiger partial charge is 0.247 e. The zero-order chi connectivity index (χ0) is 23.3. The maximum absolute atomic E-state index is 13.8. The quantitative estimate of drug-likeness (QED) is 0.413. The minimum absolute atomic E-state index is 0.00588. The Morgan fingerprint density at radius 2 is 1.79 bits per heavy atom. The summed E-state index contributed by atoms with van der Waals surface area (Å²) in [4.78, 5) is 30.2. The predicted octanol–water partition coefficient (Wildman–Crippen LogP) is 4.32. The van der Waals surface area contributed by atoms with Gasteiger partial charge in [-0.05, 0) is 42.0 Å². The average molecular weight is 474 g/mol. The van der Waals surface area contributed by atoms with E-state index in [4.69, 9.17) is 0 Å². The van der Waals surface area contributed by atoms with E-state index in [1.54, 1.807) is 20.9 Å². The van der Waals surface area contributed by atoms with E-state index < -0.39 is 6.04 Å². The summed E-state index contributed by atoms with van der Waals surface area (Å²) in [5.74, 6) is -0.314. The van der Waals surface area contributed by atoms with Gasteiger partial charge < -0.3 is 10.2 Å². The van der Waals surface area contributed by atoms with Crippen molar-refractivity contribution in [2.45, 2.75) is 50.9 Å². The average Bonchev–Trinajstić information content (AvgIpc) is 3.63. The molecular weight excluding hydrogens is 446 g/mol. The first-order valence-electron chi connectivity index (χ1n) is 11.6. The highest BCUT2D eigenvalue weighted by Crippen LogP contribution is 2.27. The van der Waals surface area contributed by atoms with Crippen molar-refractivity contribution in [1.29, 1.82) is 0 Å². The summed E-state index contributed by atoms with van der Waals surface area (Å²) in [6.07, 6.45) is 4.21. The van der Waals surface area contributed by atoms with Gasteiger partial charge >= 0.3 is 0 Å². The maximum Gasteiger partial charge on any atom is 0.247 e. The standard InChI is InChI=1S/C26H27N5O2S/c32-24(18-31-23-15-7-6-14-22(23)28-29-31)30(17-21-13-8-16-34-21)25(19-9-2-1-3-10-19)26(33)27-20-11-4-5-12-20/h1-3,6-10,13-16,20,25H,4-5,11-12,17-18H2,(H,27,33)/t25-/m1/s1. The molecule has 0 saturated heterocycles. The highest BCUT2D eigenvalue weighted by molar-refractivity contribution is 7.09. The lowest BCUT2D eigenvalue weighted by Crippen LogP contribution is -2.46. The number of aromatic nitrogens is 3. The van der Waals surface area contributed by atoms with E-state index in [2.05, 4.69) is 15.6 Å². The van der Waals surface area contributed by atoms with Crippen LogP contribution in [-0.4, -0.2) is 37.7 Å². The molecule has 2 amide bonds. The number of nitrogens with zero attached hydrogens (tertiary/aromatic N) is 4. The number of hydrogen-bond donors (Lipinski definition) is 1. The number of amides is 2. The molecule has 1 saturated carbocycles. The summed E-state index contributed by atoms with van der Waals surface area (Å²) in [6, 6.07) is 20.5. The number of rotatable bonds is 8. The van der Waals surface area contributed by atoms with Gasteiger partial charge in [0.2, 0.25) is 11.8 Å². The van der Waals surface area contributed by atoms with Gasteiger partial charge in [0.25, 0.3) is 0 Å². The van der Waals surface area contributed by atoms with Crippen LogP contribution in [0.4, 0.5) is 0 Å². The van der Waals surface area contributed by atoms with Crippen molar-refractivity contribution in [3.63, 3.8) is 0 Å². The van der Waals surface area contributed by atoms with E-state index in [9.17, 15) is 9.59 Å². The van der Waals surface area contributed by atoms with Crippen LogP contribution in [0.15, 0.2) is 72.1 Å². The predicted molar refractivity (Wildman–Crippen MR) is 132 cm³/mol. The van der Waals surface area contributed by atoms with Gasteiger partial charge in [-0.3, -0.25) is 9.59 Å². The largest absolute Gasteiger partial charge is 0.351 e. The van der Waals surface area contributed by atoms with Crippen LogP contribution in [-0.2, 0) is 22.7 Å². The van der Waals surface area contributed by atoms with Crippen molar-refractivity contribution >= 4 is 34.2 Å². The molecule has 1 aliphatic carbocycles. The summed E-state index contributed by atoms with van der Waals surface area (Å²) in [5, 5.41) is 13.6. The Bertz CT molecular complexity index is 1250. The molecule has 0 unspecified atom stereocenters. The zero-order valence-corrected chi connectivity index (χ0v) is 19.7. The number of carbonyl (C=O) groups excluding carboxylic acids is 2. The number of thiophene rings is 1. The molecule has 0 radical (unpaired) electrons. The fourth-order valence-electron chi connectivity index (χ4n) is 4.61. The van der Waals surface area contributed by atoms with Gasteiger partial charge in [-0.2, -0.15) is 0 Å². The molecule has 34 heavy (non-hydrogen) atoms. The van der Waals surface area contributed by atoms with E-state index in [-0.39, 0.29) is 24.4 Å². The molecule has 0 bridgehead atoms. The third-order valence-corrected chi connectivity index (χ3v) is 7.17. The molecule has 1 aliphatic rings. The van der Waals surface area contributed by atoms with Crippen LogP contribution in [0.1, 0.15) is 42.2 Å². The summed E-state index contributed by atoms with van der Waals surface area (Å²) < 4.78 is 1.61. The molecule has 174 valence electrons. The minimum atomic E-state index is -0.730. The second-order valence-corrected chi connectivity index (χ2v) is 9.67. The Kier molecular flexibility index (Phi) is 6.67. The van der Waals surface area contributed by atoms with Crippen LogP contribution >= 0.6 is 11.3 Å². The molecule has 2 heterocycles. The molecule has 2 aromatic carbocycles. The Hall–Kier alpha value is -3.52. The Labute approximate surface area is 202 Å². The molecule has 8 heteroatoms. The first-order chi connectivity index (χ1) is 16.7. The van der Waals surface area contributed by atoms with E-state index in [0.717, 1.165) is 47.2 Å². The molecule has 0 spiro atoms. The van der Waals surface area contributed by atoms with Gasteiger partial charge in [0.15, 0.2) is 0 Å². The van der Waals surface area contributed by atoms with Crippen molar-refractivity contribution < 1.29 is 9.59 Å². The summed E-state index contributed by atoms with van der Waals surface area (Å²) >= 11 is 1.58. The van der Waals surface area contributed by atoms with Gasteiger partial charge in [0, 0.05) is 10.9 Å². The van der Waals surface area contributed by atoms with Crippen LogP contribution in [0.3, 0.4) is 0 Å². The number of fused-ring (bicyclic) bond motifs is 1. The zero-order valence-electron chi connectivity index (χ0n) is 18.8. The number of hydrogen-bond acceptors (Lipinski definition) is 5. The van der Waals surface area contributed by atoms with Gasteiger partial charge in [-0.25, -0.2) is 4.68 Å². The highest BCUT2D eigenvalue weighted by Gasteiger charge is 2.33. The van der Waals surface area contributed by atoms with E-state index >= 15 is 0 Å². The first kappa shape index (κ1) is 22.3. The normalized spacial score (nSPS) is 14.8. The third-order valence-electron chi connectivity index (χ3n) is 6.31. The summed E-state index contributed by atoms with van der Waals surface area (Å²) in [5.41, 5.74) is 2.32. The number of nitrogens with one attached hydrogen (secondary N) is 1. The molecule has 1 atom stereocenters. The van der Waals surface area contributed by atoms with Crippen molar-refractivity contribution in [2.24, 2.45) is 0 Å². The van der Waals surface area contributed by atoms with Crippen molar-refractivity contribution in [3.8, 4) is 0 Å². The van der Waals surface area contributed by atoms with Crippen LogP contribution in [0.2, 0.25) is 0 Å². The van der Waals surface area contributed by atoms with Crippen molar-refractivity contribution in [2.75, 3.05) is 0 Å². The molecule has 7 nitrogen and oxygen atoms in total. The molecule has 0 aliphatic heterocycles. The lowest BCUT2D eigenvalue weighted by Gasteiger charge is -2.32. The molecule has 5 rings (SSSR count). The van der Waals surface area contributed by atoms with Gasteiger partial charge in [0.05, 0.1) is 12.1 Å². The van der Waals surface area contributed by atoms with E-state index in [1.807, 2.05) is 72.1 Å². The number of benzene rings is 2. The van der Waals surface area contributed by atoms with Gasteiger partial charge in [0.1, 0.15) is 18.1 Å². The monoisotopic (exact) mass is 473 g/mol. The van der Waals surface area contributed by atoms with E-state index in [0.29, 0.717) is 6.54 Å². The molecular formula is C26H27N5O2S. The van der Waals surface area contributed by atoms with Crippen LogP contribution in [0.5, 0.6) is 0 Å². The Morgan fingerprint density at radius 3 is 2.56 bits per heavy atom. The SMILES string of the molecule is O=C(NC1CCCC1)[C@@H](c1ccccc1)N(Cc1cccs1)C(=O)Cn1nnc2ccccc21. The lowest BCUT2D eigenvalue weighted by molar-refractivity contribution is -0.142. The van der Waals surface area contributed by atoms with Crippen molar-refractivity contribution in [3.05, 3.63) is 82.6 Å². The van der Waals surface area contributed by atoms with Crippen LogP contribution < -0.4 is 5.32 Å². The maximum atomic E-state index is 13.8. The molecule has 4 aromatic rings. The Morgan fingerprint density at radius 1 is 1.03 bits per heavy atom. The summed E-state index contributed by atoms with van der Waals surface area (Å²) in [6.45, 7) is 0.354. The summed E-state index contributed by atoms with van der Waals surface area (Å²) in [7, 11) is 0.